The Morgan fingerprint density at radius 2 is 1.79 bits per heavy atom. The summed E-state index contributed by atoms with van der Waals surface area (Å²) < 4.78 is 0. The quantitative estimate of drug-likeness (QED) is 0.743. The lowest BCUT2D eigenvalue weighted by Gasteiger charge is -2.36. The lowest BCUT2D eigenvalue weighted by molar-refractivity contribution is -0.143. The zero-order chi connectivity index (χ0) is 17.5. The van der Waals surface area contributed by atoms with Gasteiger partial charge in [-0.25, -0.2) is 0 Å². The van der Waals surface area contributed by atoms with Crippen molar-refractivity contribution in [1.29, 1.82) is 0 Å². The second-order valence-electron chi connectivity index (χ2n) is 6.81. The Morgan fingerprint density at radius 1 is 1.08 bits per heavy atom. The van der Waals surface area contributed by atoms with E-state index in [0.717, 1.165) is 19.3 Å². The summed E-state index contributed by atoms with van der Waals surface area (Å²) in [6.45, 7) is 7.97. The molecule has 0 aliphatic carbocycles. The van der Waals surface area contributed by atoms with Crippen LogP contribution in [-0.2, 0) is 14.4 Å². The highest BCUT2D eigenvalue weighted by molar-refractivity contribution is 5.85. The summed E-state index contributed by atoms with van der Waals surface area (Å²) in [5.74, 6) is 0.159. The Bertz CT molecular complexity index is 461. The number of likely N-dealkylation sites (tertiary alicyclic amines) is 1. The zero-order valence-electron chi connectivity index (χ0n) is 14.9. The van der Waals surface area contributed by atoms with Crippen LogP contribution in [0.2, 0.25) is 0 Å². The molecule has 0 aromatic carbocycles. The van der Waals surface area contributed by atoms with Gasteiger partial charge in [0.1, 0.15) is 0 Å². The summed E-state index contributed by atoms with van der Waals surface area (Å²) in [6.07, 6.45) is 3.40. The minimum atomic E-state index is 0.0222. The Balaban J connectivity index is 1.70. The third-order valence-corrected chi connectivity index (χ3v) is 4.86. The third kappa shape index (κ3) is 5.47. The number of hydrogen-bond acceptors (Lipinski definition) is 4. The van der Waals surface area contributed by atoms with Gasteiger partial charge >= 0.3 is 0 Å². The van der Waals surface area contributed by atoms with Crippen LogP contribution in [0.25, 0.3) is 0 Å². The summed E-state index contributed by atoms with van der Waals surface area (Å²) in [7, 11) is 0. The molecule has 1 atom stereocenters. The number of piperazine rings is 1. The molecule has 7 nitrogen and oxygen atoms in total. The standard InChI is InChI=1S/C17H30N4O3/c1-3-14(2)18-15(22)12-19-8-10-20(11-9-19)17(24)13-21-7-5-4-6-16(21)23/h14H,3-13H2,1-2H3,(H,18,22). The molecule has 0 aromatic heterocycles. The van der Waals surface area contributed by atoms with E-state index in [4.69, 9.17) is 0 Å². The highest BCUT2D eigenvalue weighted by Crippen LogP contribution is 2.11. The van der Waals surface area contributed by atoms with Crippen LogP contribution in [0.5, 0.6) is 0 Å². The Hall–Kier alpha value is -1.63. The molecule has 2 fully saturated rings. The number of nitrogens with zero attached hydrogens (tertiary/aromatic N) is 3. The van der Waals surface area contributed by atoms with Crippen molar-refractivity contribution < 1.29 is 14.4 Å². The van der Waals surface area contributed by atoms with Gasteiger partial charge in [0.2, 0.25) is 17.7 Å². The number of carbonyl (C=O) groups excluding carboxylic acids is 3. The summed E-state index contributed by atoms with van der Waals surface area (Å²) in [5.41, 5.74) is 0. The minimum absolute atomic E-state index is 0.0222. The molecule has 136 valence electrons. The number of nitrogens with one attached hydrogen (secondary N) is 1. The van der Waals surface area contributed by atoms with Crippen LogP contribution in [0.15, 0.2) is 0 Å². The van der Waals surface area contributed by atoms with E-state index in [9.17, 15) is 14.4 Å². The number of amides is 3. The average molecular weight is 338 g/mol. The molecule has 0 spiro atoms. The molecule has 2 aliphatic rings. The van der Waals surface area contributed by atoms with Crippen LogP contribution >= 0.6 is 0 Å². The zero-order valence-corrected chi connectivity index (χ0v) is 14.9. The van der Waals surface area contributed by atoms with Crippen molar-refractivity contribution in [1.82, 2.24) is 20.0 Å². The fraction of sp³-hybridized carbons (Fsp3) is 0.824. The Labute approximate surface area is 144 Å². The molecule has 2 rings (SSSR count). The molecule has 0 aromatic rings. The molecule has 0 saturated carbocycles. The van der Waals surface area contributed by atoms with E-state index in [1.54, 1.807) is 4.90 Å². The van der Waals surface area contributed by atoms with Crippen molar-refractivity contribution in [2.45, 2.75) is 45.6 Å². The highest BCUT2D eigenvalue weighted by atomic mass is 16.2. The molecule has 0 bridgehead atoms. The SMILES string of the molecule is CCC(C)NC(=O)CN1CCN(C(=O)CN2CCCCC2=O)CC1. The van der Waals surface area contributed by atoms with Crippen LogP contribution in [-0.4, -0.2) is 84.3 Å². The fourth-order valence-corrected chi connectivity index (χ4v) is 3.07. The molecule has 1 N–H and O–H groups in total. The number of hydrogen-bond donors (Lipinski definition) is 1. The van der Waals surface area contributed by atoms with Gasteiger partial charge in [0.15, 0.2) is 0 Å². The first-order chi connectivity index (χ1) is 11.5. The molecule has 1 unspecified atom stereocenters. The predicted molar refractivity (Wildman–Crippen MR) is 91.3 cm³/mol. The van der Waals surface area contributed by atoms with E-state index in [1.165, 1.54) is 0 Å². The van der Waals surface area contributed by atoms with Crippen LogP contribution < -0.4 is 5.32 Å². The average Bonchev–Trinajstić information content (AvgIpc) is 2.57. The molecule has 2 saturated heterocycles. The molecule has 2 aliphatic heterocycles. The molecule has 7 heteroatoms. The van der Waals surface area contributed by atoms with Gasteiger partial charge in [-0.3, -0.25) is 19.3 Å². The van der Waals surface area contributed by atoms with E-state index < -0.39 is 0 Å². The summed E-state index contributed by atoms with van der Waals surface area (Å²) in [5, 5.41) is 2.96. The molecule has 3 amide bonds. The molecule has 2 heterocycles. The molecular weight excluding hydrogens is 308 g/mol. The van der Waals surface area contributed by atoms with Crippen molar-refractivity contribution in [3.63, 3.8) is 0 Å². The third-order valence-electron chi connectivity index (χ3n) is 4.86. The first-order valence-corrected chi connectivity index (χ1v) is 9.07. The van der Waals surface area contributed by atoms with Gasteiger partial charge < -0.3 is 15.1 Å². The van der Waals surface area contributed by atoms with Crippen LogP contribution in [0, 0.1) is 0 Å². The summed E-state index contributed by atoms with van der Waals surface area (Å²) in [4.78, 5) is 41.6. The largest absolute Gasteiger partial charge is 0.353 e. The van der Waals surface area contributed by atoms with Crippen LogP contribution in [0.3, 0.4) is 0 Å². The van der Waals surface area contributed by atoms with Crippen molar-refractivity contribution >= 4 is 17.7 Å². The maximum atomic E-state index is 12.4. The van der Waals surface area contributed by atoms with E-state index >= 15 is 0 Å². The maximum Gasteiger partial charge on any atom is 0.242 e. The van der Waals surface area contributed by atoms with E-state index in [1.807, 2.05) is 18.7 Å². The molecular formula is C17H30N4O3. The Morgan fingerprint density at radius 3 is 2.42 bits per heavy atom. The van der Waals surface area contributed by atoms with Crippen LogP contribution in [0.4, 0.5) is 0 Å². The number of rotatable bonds is 6. The van der Waals surface area contributed by atoms with Gasteiger partial charge in [-0.2, -0.15) is 0 Å². The van der Waals surface area contributed by atoms with Gasteiger partial charge in [0.05, 0.1) is 13.1 Å². The summed E-state index contributed by atoms with van der Waals surface area (Å²) in [6, 6.07) is 0.197. The first kappa shape index (κ1) is 18.7. The smallest absolute Gasteiger partial charge is 0.242 e. The summed E-state index contributed by atoms with van der Waals surface area (Å²) >= 11 is 0. The van der Waals surface area contributed by atoms with Gasteiger partial charge in [-0.05, 0) is 26.2 Å². The lowest BCUT2D eigenvalue weighted by atomic mass is 10.1. The number of carbonyl (C=O) groups is 3. The van der Waals surface area contributed by atoms with Crippen molar-refractivity contribution in [3.05, 3.63) is 0 Å². The van der Waals surface area contributed by atoms with Crippen molar-refractivity contribution in [2.75, 3.05) is 45.8 Å². The lowest BCUT2D eigenvalue weighted by Crippen LogP contribution is -2.54. The maximum absolute atomic E-state index is 12.4. The van der Waals surface area contributed by atoms with E-state index in [2.05, 4.69) is 10.2 Å². The minimum Gasteiger partial charge on any atom is -0.353 e. The van der Waals surface area contributed by atoms with Gasteiger partial charge in [-0.15, -0.1) is 0 Å². The second-order valence-corrected chi connectivity index (χ2v) is 6.81. The topological polar surface area (TPSA) is 73.0 Å². The Kier molecular flexibility index (Phi) is 7.02. The highest BCUT2D eigenvalue weighted by Gasteiger charge is 2.26. The number of piperidine rings is 1. The molecule has 0 radical (unpaired) electrons. The van der Waals surface area contributed by atoms with Crippen LogP contribution in [0.1, 0.15) is 39.5 Å². The van der Waals surface area contributed by atoms with Gasteiger partial charge in [-0.1, -0.05) is 6.92 Å². The normalized spacial score (nSPS) is 20.8. The predicted octanol–water partition coefficient (Wildman–Crippen LogP) is 0.0578. The van der Waals surface area contributed by atoms with Crippen molar-refractivity contribution in [2.24, 2.45) is 0 Å². The van der Waals surface area contributed by atoms with Gasteiger partial charge in [0, 0.05) is 45.2 Å². The second kappa shape index (κ2) is 9.01. The fourth-order valence-electron chi connectivity index (χ4n) is 3.07. The van der Waals surface area contributed by atoms with Crippen molar-refractivity contribution in [3.8, 4) is 0 Å². The van der Waals surface area contributed by atoms with E-state index in [0.29, 0.717) is 45.7 Å². The van der Waals surface area contributed by atoms with E-state index in [-0.39, 0.29) is 30.3 Å². The van der Waals surface area contributed by atoms with Gasteiger partial charge in [0.25, 0.3) is 0 Å². The monoisotopic (exact) mass is 338 g/mol. The first-order valence-electron chi connectivity index (χ1n) is 9.07. The molecule has 24 heavy (non-hydrogen) atoms.